The van der Waals surface area contributed by atoms with Crippen LogP contribution in [0.2, 0.25) is 0 Å². The predicted molar refractivity (Wildman–Crippen MR) is 46.4 cm³/mol. The van der Waals surface area contributed by atoms with Crippen LogP contribution in [0.1, 0.15) is 23.7 Å². The predicted octanol–water partition coefficient (Wildman–Crippen LogP) is 2.56. The molecule has 0 amide bonds. The highest BCUT2D eigenvalue weighted by Crippen LogP contribution is 2.38. The third-order valence-corrected chi connectivity index (χ3v) is 2.42. The van der Waals surface area contributed by atoms with E-state index in [0.717, 1.165) is 0 Å². The molecule has 0 spiro atoms. The number of aliphatic hydroxyl groups is 1. The zero-order valence-electron chi connectivity index (χ0n) is 7.71. The fourth-order valence-electron chi connectivity index (χ4n) is 1.82. The molecule has 0 saturated carbocycles. The van der Waals surface area contributed by atoms with Gasteiger partial charge >= 0.3 is 6.36 Å². The summed E-state index contributed by atoms with van der Waals surface area (Å²) in [6, 6.07) is 4.34. The summed E-state index contributed by atoms with van der Waals surface area (Å²) in [6.07, 6.45) is -4.48. The summed E-state index contributed by atoms with van der Waals surface area (Å²) >= 11 is 0. The number of fused-ring (bicyclic) bond motifs is 1. The normalized spacial score (nSPS) is 20.1. The van der Waals surface area contributed by atoms with Gasteiger partial charge < -0.3 is 9.84 Å². The lowest BCUT2D eigenvalue weighted by atomic mass is 10.1. The average molecular weight is 218 g/mol. The molecule has 2 nitrogen and oxygen atoms in total. The highest BCUT2D eigenvalue weighted by molar-refractivity contribution is 5.44. The van der Waals surface area contributed by atoms with Gasteiger partial charge in [-0.1, -0.05) is 12.1 Å². The number of aliphatic hydroxyl groups excluding tert-OH is 1. The van der Waals surface area contributed by atoms with E-state index in [1.807, 2.05) is 0 Å². The maximum Gasteiger partial charge on any atom is 0.573 e. The standard InChI is InChI=1S/C10H9F3O2/c11-10(12,13)15-9-3-1-2-6-7(9)4-5-8(6)14/h1-3,8,14H,4-5H2. The Morgan fingerprint density at radius 1 is 1.33 bits per heavy atom. The monoisotopic (exact) mass is 218 g/mol. The van der Waals surface area contributed by atoms with Gasteiger partial charge in [-0.3, -0.25) is 0 Å². The molecule has 1 aliphatic carbocycles. The molecule has 0 bridgehead atoms. The molecule has 82 valence electrons. The minimum atomic E-state index is -4.68. The van der Waals surface area contributed by atoms with Gasteiger partial charge in [-0.05, 0) is 24.5 Å². The van der Waals surface area contributed by atoms with Crippen molar-refractivity contribution in [1.82, 2.24) is 0 Å². The molecule has 2 rings (SSSR count). The van der Waals surface area contributed by atoms with Crippen LogP contribution in [0, 0.1) is 0 Å². The van der Waals surface area contributed by atoms with Crippen molar-refractivity contribution in [3.05, 3.63) is 29.3 Å². The first-order valence-corrected chi connectivity index (χ1v) is 4.53. The van der Waals surface area contributed by atoms with E-state index in [-0.39, 0.29) is 5.75 Å². The van der Waals surface area contributed by atoms with Crippen LogP contribution < -0.4 is 4.74 Å². The summed E-state index contributed by atoms with van der Waals surface area (Å²) in [6.45, 7) is 0. The van der Waals surface area contributed by atoms with Crippen LogP contribution in [-0.2, 0) is 6.42 Å². The van der Waals surface area contributed by atoms with E-state index >= 15 is 0 Å². The van der Waals surface area contributed by atoms with E-state index in [4.69, 9.17) is 0 Å². The molecule has 0 saturated heterocycles. The Morgan fingerprint density at radius 2 is 2.07 bits per heavy atom. The summed E-state index contributed by atoms with van der Waals surface area (Å²) in [5.74, 6) is -0.198. The minimum absolute atomic E-state index is 0.198. The number of alkyl halides is 3. The van der Waals surface area contributed by atoms with E-state index < -0.39 is 12.5 Å². The first-order valence-electron chi connectivity index (χ1n) is 4.53. The third kappa shape index (κ3) is 2.07. The van der Waals surface area contributed by atoms with Gasteiger partial charge in [0.15, 0.2) is 0 Å². The third-order valence-electron chi connectivity index (χ3n) is 2.42. The molecule has 0 radical (unpaired) electrons. The van der Waals surface area contributed by atoms with Crippen molar-refractivity contribution in [2.24, 2.45) is 0 Å². The van der Waals surface area contributed by atoms with Crippen molar-refractivity contribution in [3.63, 3.8) is 0 Å². The molecular formula is C10H9F3O2. The van der Waals surface area contributed by atoms with Crippen molar-refractivity contribution in [1.29, 1.82) is 0 Å². The quantitative estimate of drug-likeness (QED) is 0.784. The second kappa shape index (κ2) is 3.41. The molecule has 0 aromatic heterocycles. The Kier molecular flexibility index (Phi) is 2.34. The van der Waals surface area contributed by atoms with Crippen LogP contribution in [0.15, 0.2) is 18.2 Å². The SMILES string of the molecule is OC1CCc2c(OC(F)(F)F)cccc21. The van der Waals surface area contributed by atoms with Gasteiger partial charge in [0.05, 0.1) is 6.10 Å². The van der Waals surface area contributed by atoms with Gasteiger partial charge in [-0.25, -0.2) is 0 Å². The number of benzene rings is 1. The Balaban J connectivity index is 2.34. The van der Waals surface area contributed by atoms with Crippen LogP contribution >= 0.6 is 0 Å². The lowest BCUT2D eigenvalue weighted by molar-refractivity contribution is -0.274. The zero-order chi connectivity index (χ0) is 11.1. The van der Waals surface area contributed by atoms with E-state index in [1.165, 1.54) is 12.1 Å². The van der Waals surface area contributed by atoms with Gasteiger partial charge in [0.25, 0.3) is 0 Å². The second-order valence-corrected chi connectivity index (χ2v) is 3.43. The van der Waals surface area contributed by atoms with E-state index in [2.05, 4.69) is 4.74 Å². The Bertz CT molecular complexity index is 373. The Morgan fingerprint density at radius 3 is 2.73 bits per heavy atom. The first-order chi connectivity index (χ1) is 6.97. The van der Waals surface area contributed by atoms with Crippen molar-refractivity contribution in [2.45, 2.75) is 25.3 Å². The van der Waals surface area contributed by atoms with Crippen LogP contribution in [0.25, 0.3) is 0 Å². The van der Waals surface area contributed by atoms with Crippen LogP contribution in [0.3, 0.4) is 0 Å². The minimum Gasteiger partial charge on any atom is -0.405 e. The average Bonchev–Trinajstić information content (AvgIpc) is 2.47. The van der Waals surface area contributed by atoms with Gasteiger partial charge in [0, 0.05) is 5.56 Å². The molecular weight excluding hydrogens is 209 g/mol. The Hall–Kier alpha value is -1.23. The van der Waals surface area contributed by atoms with Gasteiger partial charge in [-0.15, -0.1) is 13.2 Å². The molecule has 1 unspecified atom stereocenters. The lowest BCUT2D eigenvalue weighted by Crippen LogP contribution is -2.18. The summed E-state index contributed by atoms with van der Waals surface area (Å²) in [5, 5.41) is 9.47. The second-order valence-electron chi connectivity index (χ2n) is 3.43. The molecule has 1 N–H and O–H groups in total. The molecule has 1 atom stereocenters. The van der Waals surface area contributed by atoms with Crippen molar-refractivity contribution in [2.75, 3.05) is 0 Å². The fourth-order valence-corrected chi connectivity index (χ4v) is 1.82. The first kappa shape index (κ1) is 10.3. The van der Waals surface area contributed by atoms with Crippen LogP contribution in [0.4, 0.5) is 13.2 Å². The number of ether oxygens (including phenoxy) is 1. The van der Waals surface area contributed by atoms with Gasteiger partial charge in [0.2, 0.25) is 0 Å². The number of hydrogen-bond acceptors (Lipinski definition) is 2. The summed E-state index contributed by atoms with van der Waals surface area (Å²) in [5.41, 5.74) is 0.999. The van der Waals surface area contributed by atoms with Gasteiger partial charge in [0.1, 0.15) is 5.75 Å². The molecule has 0 aliphatic heterocycles. The van der Waals surface area contributed by atoms with Crippen LogP contribution in [0.5, 0.6) is 5.75 Å². The van der Waals surface area contributed by atoms with Crippen LogP contribution in [-0.4, -0.2) is 11.5 Å². The van der Waals surface area contributed by atoms with E-state index in [0.29, 0.717) is 24.0 Å². The maximum absolute atomic E-state index is 12.0. The highest BCUT2D eigenvalue weighted by atomic mass is 19.4. The van der Waals surface area contributed by atoms with Gasteiger partial charge in [-0.2, -0.15) is 0 Å². The summed E-state index contributed by atoms with van der Waals surface area (Å²) in [4.78, 5) is 0. The zero-order valence-corrected chi connectivity index (χ0v) is 7.71. The van der Waals surface area contributed by atoms with E-state index in [9.17, 15) is 18.3 Å². The molecule has 1 aliphatic rings. The number of halogens is 3. The largest absolute Gasteiger partial charge is 0.573 e. The van der Waals surface area contributed by atoms with Crippen molar-refractivity contribution >= 4 is 0 Å². The number of hydrogen-bond donors (Lipinski definition) is 1. The molecule has 1 aromatic carbocycles. The van der Waals surface area contributed by atoms with E-state index in [1.54, 1.807) is 6.07 Å². The lowest BCUT2D eigenvalue weighted by Gasteiger charge is -2.12. The molecule has 0 heterocycles. The maximum atomic E-state index is 12.0. The summed E-state index contributed by atoms with van der Waals surface area (Å²) < 4.78 is 39.9. The molecule has 15 heavy (non-hydrogen) atoms. The summed E-state index contributed by atoms with van der Waals surface area (Å²) in [7, 11) is 0. The number of rotatable bonds is 1. The topological polar surface area (TPSA) is 29.5 Å². The smallest absolute Gasteiger partial charge is 0.405 e. The Labute approximate surface area is 84.3 Å². The van der Waals surface area contributed by atoms with Crippen molar-refractivity contribution in [3.8, 4) is 5.75 Å². The van der Waals surface area contributed by atoms with Crippen molar-refractivity contribution < 1.29 is 23.0 Å². The molecule has 1 aromatic rings. The highest BCUT2D eigenvalue weighted by Gasteiger charge is 2.34. The fraction of sp³-hybridized carbons (Fsp3) is 0.400. The molecule has 5 heteroatoms. The molecule has 0 fully saturated rings.